The van der Waals surface area contributed by atoms with Crippen LogP contribution in [0.3, 0.4) is 0 Å². The highest BCUT2D eigenvalue weighted by molar-refractivity contribution is 6.02. The molecule has 77 heavy (non-hydrogen) atoms. The Morgan fingerprint density at radius 3 is 2.25 bits per heavy atom. The summed E-state index contributed by atoms with van der Waals surface area (Å²) in [5.41, 5.74) is 8.50. The summed E-state index contributed by atoms with van der Waals surface area (Å²) in [5, 5.41) is 30.5. The number of aliphatic hydroxyl groups is 2. The number of nitrogens with one attached hydrogen (secondary N) is 2. The molecule has 0 radical (unpaired) electrons. The maximum absolute atomic E-state index is 15.9. The molecule has 6 saturated carbocycles. The molecule has 13 atom stereocenters. The van der Waals surface area contributed by atoms with Crippen LogP contribution in [0, 0.1) is 62.1 Å². The summed E-state index contributed by atoms with van der Waals surface area (Å²) in [4.78, 5) is 35.3. The standard InChI is InChI=1S/C68H97N3O6/c1-9-69-37-41-19-26-68(33-41)36-54(74)66(7,49-17-13-14-18-49)53-21-25-64(5)60(67(53,68)8)59(75)50-40-71-39-48(31-42-29-46(43-15-11-10-12-16-43)32-47(30-42)44-22-27-76-28-23-44)57-58(71)45(38-70-57)20-24-63(4,34-52(73)61-62(2,3)77-61)56-51(72)35-65(64,6)55(50)56/h29-30,32,38-39,41,43-44,49-50,52-53,59-61,69-70,73,75H,9-28,31,33-37,40H2,1-8H3. The third-order valence-corrected chi connectivity index (χ3v) is 25.7. The highest BCUT2D eigenvalue weighted by atomic mass is 16.6. The molecule has 5 heterocycles. The summed E-state index contributed by atoms with van der Waals surface area (Å²) in [6.07, 6.45) is 25.1. The monoisotopic (exact) mass is 1050 g/mol. The zero-order valence-electron chi connectivity index (χ0n) is 48.7. The zero-order chi connectivity index (χ0) is 53.7. The topological polar surface area (TPSA) is 129 Å². The number of aryl methyl sites for hydroxylation is 1. The van der Waals surface area contributed by atoms with Crippen molar-refractivity contribution in [1.29, 1.82) is 0 Å². The van der Waals surface area contributed by atoms with Gasteiger partial charge in [-0.15, -0.1) is 0 Å². The van der Waals surface area contributed by atoms with Crippen LogP contribution in [0.5, 0.6) is 0 Å². The van der Waals surface area contributed by atoms with E-state index in [1.807, 2.05) is 0 Å². The van der Waals surface area contributed by atoms with E-state index in [9.17, 15) is 10.2 Å². The summed E-state index contributed by atoms with van der Waals surface area (Å²) in [6, 6.07) is 7.65. The van der Waals surface area contributed by atoms with Crippen molar-refractivity contribution in [2.45, 2.75) is 239 Å². The minimum atomic E-state index is -0.737. The maximum Gasteiger partial charge on any atom is 0.160 e. The number of aromatic amines is 1. The van der Waals surface area contributed by atoms with Gasteiger partial charge in [0.05, 0.1) is 28.8 Å². The summed E-state index contributed by atoms with van der Waals surface area (Å²) < 4.78 is 14.6. The Bertz CT molecular complexity index is 2780. The zero-order valence-corrected chi connectivity index (χ0v) is 48.7. The fourth-order valence-electron chi connectivity index (χ4n) is 21.6. The second kappa shape index (κ2) is 19.0. The molecule has 1 aromatic carbocycles. The van der Waals surface area contributed by atoms with Crippen molar-refractivity contribution in [3.63, 3.8) is 0 Å². The Morgan fingerprint density at radius 1 is 0.844 bits per heavy atom. The van der Waals surface area contributed by atoms with Crippen molar-refractivity contribution in [2.75, 3.05) is 26.3 Å². The number of aromatic nitrogens is 2. The van der Waals surface area contributed by atoms with E-state index in [0.29, 0.717) is 61.7 Å². The number of hydrogen-bond acceptors (Lipinski definition) is 7. The number of epoxide rings is 1. The highest BCUT2D eigenvalue weighted by Gasteiger charge is 2.78. The van der Waals surface area contributed by atoms with Crippen molar-refractivity contribution in [2.24, 2.45) is 62.1 Å². The van der Waals surface area contributed by atoms with Gasteiger partial charge in [0.1, 0.15) is 11.9 Å². The number of carbonyl (C=O) groups is 2. The van der Waals surface area contributed by atoms with Gasteiger partial charge in [-0.3, -0.25) is 9.59 Å². The second-order valence-corrected chi connectivity index (χ2v) is 29.9. The van der Waals surface area contributed by atoms with Crippen LogP contribution >= 0.6 is 0 Å². The summed E-state index contributed by atoms with van der Waals surface area (Å²) in [6.45, 7) is 22.8. The van der Waals surface area contributed by atoms with E-state index in [1.54, 1.807) is 0 Å². The molecule has 420 valence electrons. The number of fused-ring (bicyclic) bond motifs is 5. The van der Waals surface area contributed by atoms with Gasteiger partial charge in [-0.2, -0.15) is 0 Å². The highest BCUT2D eigenvalue weighted by Crippen LogP contribution is 2.81. The molecule has 9 heteroatoms. The molecule has 3 aromatic rings. The van der Waals surface area contributed by atoms with Crippen LogP contribution in [0.2, 0.25) is 0 Å². The minimum absolute atomic E-state index is 0.117. The predicted octanol–water partition coefficient (Wildman–Crippen LogP) is 13.3. The van der Waals surface area contributed by atoms with Crippen molar-refractivity contribution in [3.05, 3.63) is 69.6 Å². The molecule has 13 unspecified atom stereocenters. The first-order chi connectivity index (χ1) is 36.8. The first-order valence-electron chi connectivity index (χ1n) is 31.7. The van der Waals surface area contributed by atoms with Crippen LogP contribution in [-0.4, -0.2) is 81.5 Å². The number of rotatable bonds is 11. The molecule has 2 saturated heterocycles. The van der Waals surface area contributed by atoms with E-state index in [2.05, 4.69) is 101 Å². The molecule has 1 spiro atoms. The van der Waals surface area contributed by atoms with Gasteiger partial charge in [0.25, 0.3) is 0 Å². The molecule has 0 amide bonds. The van der Waals surface area contributed by atoms with Crippen LogP contribution in [-0.2, 0) is 38.4 Å². The number of hydrogen-bond donors (Lipinski definition) is 4. The summed E-state index contributed by atoms with van der Waals surface area (Å²) in [5.74, 6) is 2.45. The number of H-pyrrole nitrogens is 1. The smallest absolute Gasteiger partial charge is 0.160 e. The number of benzene rings is 1. The number of ketones is 2. The lowest BCUT2D eigenvalue weighted by molar-refractivity contribution is -0.266. The minimum Gasteiger partial charge on any atom is -0.392 e. The number of carbonyl (C=O) groups excluding carboxylic acids is 2. The first-order valence-corrected chi connectivity index (χ1v) is 31.7. The Balaban J connectivity index is 0.974. The van der Waals surface area contributed by atoms with E-state index in [1.165, 1.54) is 89.4 Å². The van der Waals surface area contributed by atoms with Gasteiger partial charge in [0, 0.05) is 73.7 Å². The van der Waals surface area contributed by atoms with E-state index in [0.717, 1.165) is 103 Å². The fourth-order valence-corrected chi connectivity index (χ4v) is 21.6. The van der Waals surface area contributed by atoms with Gasteiger partial charge >= 0.3 is 0 Å². The average Bonchev–Trinajstić information content (AvgIpc) is 3.94. The lowest BCUT2D eigenvalue weighted by atomic mass is 9.29. The first kappa shape index (κ1) is 53.2. The van der Waals surface area contributed by atoms with E-state index in [-0.39, 0.29) is 40.5 Å². The number of nitrogens with zero attached hydrogens (tertiary/aromatic N) is 1. The van der Waals surface area contributed by atoms with Gasteiger partial charge in [-0.05, 0) is 207 Å². The molecule has 7 aliphatic carbocycles. The van der Waals surface area contributed by atoms with Crippen molar-refractivity contribution >= 4 is 22.6 Å². The van der Waals surface area contributed by atoms with Gasteiger partial charge < -0.3 is 34.6 Å². The summed E-state index contributed by atoms with van der Waals surface area (Å²) in [7, 11) is 0. The maximum atomic E-state index is 15.9. The van der Waals surface area contributed by atoms with Gasteiger partial charge in [-0.25, -0.2) is 0 Å². The molecule has 8 fully saturated rings. The molecule has 4 N–H and O–H groups in total. The predicted molar refractivity (Wildman–Crippen MR) is 305 cm³/mol. The summed E-state index contributed by atoms with van der Waals surface area (Å²) >= 11 is 0. The van der Waals surface area contributed by atoms with Crippen LogP contribution < -0.4 is 5.32 Å². The van der Waals surface area contributed by atoms with Crippen LogP contribution in [0.4, 0.5) is 0 Å². The van der Waals surface area contributed by atoms with Gasteiger partial charge in [0.2, 0.25) is 0 Å². The average molecular weight is 1050 g/mol. The Morgan fingerprint density at radius 2 is 1.55 bits per heavy atom. The Labute approximate surface area is 461 Å². The number of aliphatic hydroxyl groups excluding tert-OH is 2. The molecule has 2 aromatic heterocycles. The third kappa shape index (κ3) is 8.01. The molecular weight excluding hydrogens is 955 g/mol. The van der Waals surface area contributed by atoms with Crippen LogP contribution in [0.1, 0.15) is 223 Å². The normalized spacial score (nSPS) is 40.8. The van der Waals surface area contributed by atoms with Crippen molar-refractivity contribution in [3.8, 4) is 0 Å². The van der Waals surface area contributed by atoms with E-state index < -0.39 is 39.5 Å². The van der Waals surface area contributed by atoms with E-state index >= 15 is 9.59 Å². The quantitative estimate of drug-likeness (QED) is 0.141. The third-order valence-electron chi connectivity index (χ3n) is 25.7. The van der Waals surface area contributed by atoms with Gasteiger partial charge in [-0.1, -0.05) is 91.8 Å². The molecule has 13 rings (SSSR count). The molecular formula is C68H97N3O6. The van der Waals surface area contributed by atoms with Gasteiger partial charge in [0.15, 0.2) is 5.78 Å². The van der Waals surface area contributed by atoms with Crippen LogP contribution in [0.25, 0.3) is 11.0 Å². The molecule has 0 bridgehead atoms. The Hall–Kier alpha value is -3.08. The Kier molecular flexibility index (Phi) is 13.1. The second-order valence-electron chi connectivity index (χ2n) is 29.9. The molecule has 10 aliphatic rings. The molecule has 9 nitrogen and oxygen atoms in total. The fraction of sp³-hybridized carbons (Fsp3) is 0.765. The lowest BCUT2D eigenvalue weighted by Crippen LogP contribution is -2.73. The number of allylic oxidation sites excluding steroid dienone is 1. The van der Waals surface area contributed by atoms with Crippen molar-refractivity contribution < 1.29 is 29.3 Å². The van der Waals surface area contributed by atoms with E-state index in [4.69, 9.17) is 9.47 Å². The van der Waals surface area contributed by atoms with Crippen molar-refractivity contribution in [1.82, 2.24) is 14.9 Å². The number of Topliss-reactive ketones (excluding diaryl/α,β-unsaturated/α-hetero) is 2. The SMILES string of the molecule is CCNCC1CCC2(CC(=O)C(C)(C3CCCC3)C3CCC4(C)C(C(O)C5Cn6cc(Cc7cc(C8CCCCC8)cc(C8CCOCC8)c7)c7[nH]cc(c76)CCC(C)(CC(O)C6OC6(C)C)C6=C5C4(C)CC6=O)C32C)C1. The van der Waals surface area contributed by atoms with Crippen LogP contribution in [0.15, 0.2) is 41.7 Å². The number of ether oxygens (including phenoxy) is 2. The molecule has 3 aliphatic heterocycles. The largest absolute Gasteiger partial charge is 0.392 e. The lowest BCUT2D eigenvalue weighted by Gasteiger charge is -2.74.